The zero-order chi connectivity index (χ0) is 19.3. The van der Waals surface area contributed by atoms with Crippen LogP contribution in [-0.2, 0) is 12.6 Å². The van der Waals surface area contributed by atoms with Crippen molar-refractivity contribution >= 4 is 47.1 Å². The van der Waals surface area contributed by atoms with Crippen LogP contribution in [0.15, 0.2) is 34.8 Å². The zero-order valence-corrected chi connectivity index (χ0v) is 18.5. The summed E-state index contributed by atoms with van der Waals surface area (Å²) in [5.74, 6) is 1.72. The van der Waals surface area contributed by atoms with Gasteiger partial charge in [0, 0.05) is 57.8 Å². The van der Waals surface area contributed by atoms with Crippen LogP contribution in [0.25, 0.3) is 0 Å². The molecule has 0 unspecified atom stereocenters. The predicted molar refractivity (Wildman–Crippen MR) is 116 cm³/mol. The van der Waals surface area contributed by atoms with Crippen molar-refractivity contribution in [1.29, 1.82) is 0 Å². The number of aliphatic imine (C=N–C) groups is 1. The van der Waals surface area contributed by atoms with Gasteiger partial charge in [-0.05, 0) is 12.1 Å². The summed E-state index contributed by atoms with van der Waals surface area (Å²) in [6.45, 7) is 3.74. The highest BCUT2D eigenvalue weighted by Gasteiger charge is 2.33. The van der Waals surface area contributed by atoms with Crippen LogP contribution in [0.3, 0.4) is 0 Å². The number of hydrogen-bond acceptors (Lipinski definition) is 5. The molecule has 28 heavy (non-hydrogen) atoms. The van der Waals surface area contributed by atoms with Gasteiger partial charge in [-0.3, -0.25) is 4.99 Å². The lowest BCUT2D eigenvalue weighted by Crippen LogP contribution is -2.53. The predicted octanol–water partition coefficient (Wildman–Crippen LogP) is 3.12. The van der Waals surface area contributed by atoms with Crippen molar-refractivity contribution in [2.45, 2.75) is 12.6 Å². The average Bonchev–Trinajstić information content (AvgIpc) is 3.16. The second-order valence-corrected chi connectivity index (χ2v) is 6.95. The van der Waals surface area contributed by atoms with Gasteiger partial charge in [0.2, 0.25) is 0 Å². The number of rotatable bonds is 4. The molecule has 0 spiro atoms. The van der Waals surface area contributed by atoms with E-state index in [1.807, 2.05) is 18.2 Å². The maximum atomic E-state index is 12.6. The first-order chi connectivity index (χ1) is 13.0. The van der Waals surface area contributed by atoms with Crippen LogP contribution in [0.2, 0.25) is 0 Å². The maximum Gasteiger partial charge on any atom is 0.434 e. The SMILES string of the molecule is CN=C(NCCc1nc(C(F)(F)F)cs1)N1CCN(c2ccccn2)CC1.I. The highest BCUT2D eigenvalue weighted by atomic mass is 127. The Morgan fingerprint density at radius 2 is 2.00 bits per heavy atom. The lowest BCUT2D eigenvalue weighted by atomic mass is 10.3. The molecule has 0 radical (unpaired) electrons. The van der Waals surface area contributed by atoms with E-state index in [0.717, 1.165) is 54.7 Å². The number of nitrogens with one attached hydrogen (secondary N) is 1. The number of halogens is 4. The number of alkyl halides is 3. The third-order valence-corrected chi connectivity index (χ3v) is 5.14. The summed E-state index contributed by atoms with van der Waals surface area (Å²) in [5.41, 5.74) is -0.822. The van der Waals surface area contributed by atoms with Gasteiger partial charge >= 0.3 is 6.18 Å². The Balaban J connectivity index is 0.00000280. The van der Waals surface area contributed by atoms with E-state index in [9.17, 15) is 13.2 Å². The van der Waals surface area contributed by atoms with Crippen LogP contribution in [-0.4, -0.2) is 60.6 Å². The van der Waals surface area contributed by atoms with Crippen molar-refractivity contribution < 1.29 is 13.2 Å². The van der Waals surface area contributed by atoms with Crippen LogP contribution in [0.1, 0.15) is 10.7 Å². The minimum absolute atomic E-state index is 0. The highest BCUT2D eigenvalue weighted by molar-refractivity contribution is 14.0. The van der Waals surface area contributed by atoms with E-state index in [0.29, 0.717) is 18.0 Å². The standard InChI is InChI=1S/C17H21F3N6S.HI/c1-21-16(23-7-5-15-24-13(12-27-15)17(18,19)20)26-10-8-25(9-11-26)14-4-2-3-6-22-14;/h2-4,6,12H,5,7-11H2,1H3,(H,21,23);1H. The van der Waals surface area contributed by atoms with E-state index in [-0.39, 0.29) is 24.0 Å². The topological polar surface area (TPSA) is 56.7 Å². The van der Waals surface area contributed by atoms with Gasteiger partial charge in [-0.2, -0.15) is 13.2 Å². The molecule has 6 nitrogen and oxygen atoms in total. The summed E-state index contributed by atoms with van der Waals surface area (Å²) in [4.78, 5) is 16.7. The molecule has 2 aromatic rings. The van der Waals surface area contributed by atoms with Crippen molar-refractivity contribution in [2.75, 3.05) is 44.7 Å². The van der Waals surface area contributed by atoms with Crippen LogP contribution in [0.4, 0.5) is 19.0 Å². The first-order valence-electron chi connectivity index (χ1n) is 8.60. The minimum Gasteiger partial charge on any atom is -0.356 e. The molecule has 1 fully saturated rings. The van der Waals surface area contributed by atoms with Gasteiger partial charge in [-0.15, -0.1) is 35.3 Å². The molecule has 11 heteroatoms. The summed E-state index contributed by atoms with van der Waals surface area (Å²) in [6, 6.07) is 5.86. The Morgan fingerprint density at radius 3 is 2.57 bits per heavy atom. The molecule has 154 valence electrons. The maximum absolute atomic E-state index is 12.6. The summed E-state index contributed by atoms with van der Waals surface area (Å²) in [7, 11) is 1.71. The fraction of sp³-hybridized carbons (Fsp3) is 0.471. The molecule has 0 bridgehead atoms. The van der Waals surface area contributed by atoms with Gasteiger partial charge in [0.15, 0.2) is 11.7 Å². The van der Waals surface area contributed by atoms with Gasteiger partial charge in [-0.25, -0.2) is 9.97 Å². The average molecular weight is 526 g/mol. The summed E-state index contributed by atoms with van der Waals surface area (Å²) >= 11 is 1.03. The van der Waals surface area contributed by atoms with E-state index >= 15 is 0 Å². The zero-order valence-electron chi connectivity index (χ0n) is 15.3. The molecule has 3 heterocycles. The molecule has 0 aliphatic carbocycles. The molecule has 3 rings (SSSR count). The molecule has 0 amide bonds. The Bertz CT molecular complexity index is 760. The normalized spacial score (nSPS) is 15.4. The van der Waals surface area contributed by atoms with Crippen LogP contribution >= 0.6 is 35.3 Å². The van der Waals surface area contributed by atoms with E-state index < -0.39 is 11.9 Å². The van der Waals surface area contributed by atoms with Crippen molar-refractivity contribution in [1.82, 2.24) is 20.2 Å². The number of nitrogens with zero attached hydrogens (tertiary/aromatic N) is 5. The first kappa shape index (κ1) is 22.7. The van der Waals surface area contributed by atoms with E-state index in [2.05, 4.69) is 30.1 Å². The van der Waals surface area contributed by atoms with Crippen LogP contribution < -0.4 is 10.2 Å². The number of hydrogen-bond donors (Lipinski definition) is 1. The number of pyridine rings is 1. The highest BCUT2D eigenvalue weighted by Crippen LogP contribution is 2.30. The molecule has 2 aromatic heterocycles. The van der Waals surface area contributed by atoms with Gasteiger partial charge in [0.05, 0.1) is 5.01 Å². The third kappa shape index (κ3) is 5.93. The summed E-state index contributed by atoms with van der Waals surface area (Å²) in [5, 5.41) is 4.74. The second-order valence-electron chi connectivity index (χ2n) is 6.01. The molecule has 1 aliphatic heterocycles. The van der Waals surface area contributed by atoms with Gasteiger partial charge in [0.1, 0.15) is 5.82 Å². The number of guanidine groups is 1. The number of anilines is 1. The van der Waals surface area contributed by atoms with Crippen molar-refractivity contribution in [3.8, 4) is 0 Å². The Labute approximate surface area is 182 Å². The number of piperazine rings is 1. The second kappa shape index (κ2) is 10.2. The Hall–Kier alpha value is -1.63. The van der Waals surface area contributed by atoms with Crippen molar-refractivity contribution in [3.63, 3.8) is 0 Å². The Morgan fingerprint density at radius 1 is 1.25 bits per heavy atom. The molecule has 0 atom stereocenters. The smallest absolute Gasteiger partial charge is 0.356 e. The van der Waals surface area contributed by atoms with Gasteiger partial charge in [0.25, 0.3) is 0 Å². The fourth-order valence-corrected chi connectivity index (χ4v) is 3.66. The molecule has 1 saturated heterocycles. The molecule has 1 aliphatic rings. The third-order valence-electron chi connectivity index (χ3n) is 4.23. The molecule has 0 aromatic carbocycles. The molecule has 1 N–H and O–H groups in total. The minimum atomic E-state index is -4.38. The lowest BCUT2D eigenvalue weighted by Gasteiger charge is -2.37. The number of thiazole rings is 1. The van der Waals surface area contributed by atoms with Crippen LogP contribution in [0, 0.1) is 0 Å². The first-order valence-corrected chi connectivity index (χ1v) is 9.48. The van der Waals surface area contributed by atoms with E-state index in [1.165, 1.54) is 0 Å². The Kier molecular flexibility index (Phi) is 8.28. The lowest BCUT2D eigenvalue weighted by molar-refractivity contribution is -0.140. The van der Waals surface area contributed by atoms with Crippen LogP contribution in [0.5, 0.6) is 0 Å². The quantitative estimate of drug-likeness (QED) is 0.377. The fourth-order valence-electron chi connectivity index (χ4n) is 2.86. The largest absolute Gasteiger partial charge is 0.434 e. The molecular formula is C17H22F3IN6S. The van der Waals surface area contributed by atoms with Crippen molar-refractivity contribution in [2.24, 2.45) is 4.99 Å². The van der Waals surface area contributed by atoms with E-state index in [1.54, 1.807) is 13.2 Å². The number of aromatic nitrogens is 2. The molecule has 0 saturated carbocycles. The van der Waals surface area contributed by atoms with Crippen molar-refractivity contribution in [3.05, 3.63) is 40.5 Å². The monoisotopic (exact) mass is 526 g/mol. The van der Waals surface area contributed by atoms with E-state index in [4.69, 9.17) is 0 Å². The summed E-state index contributed by atoms with van der Waals surface area (Å²) < 4.78 is 37.8. The summed E-state index contributed by atoms with van der Waals surface area (Å²) in [6.07, 6.45) is -2.18. The van der Waals surface area contributed by atoms with Gasteiger partial charge in [-0.1, -0.05) is 6.07 Å². The molecular weight excluding hydrogens is 504 g/mol. The van der Waals surface area contributed by atoms with Gasteiger partial charge < -0.3 is 15.1 Å².